The molecule has 0 saturated carbocycles. The van der Waals surface area contributed by atoms with Crippen molar-refractivity contribution in [3.05, 3.63) is 53.2 Å². The second-order valence-electron chi connectivity index (χ2n) is 10.3. The number of imidazole rings is 2. The van der Waals surface area contributed by atoms with Crippen LogP contribution in [0.4, 0.5) is 11.4 Å². The summed E-state index contributed by atoms with van der Waals surface area (Å²) in [5.41, 5.74) is 5.06. The Morgan fingerprint density at radius 1 is 1.00 bits per heavy atom. The Balaban J connectivity index is 1.14. The molecule has 0 spiro atoms. The summed E-state index contributed by atoms with van der Waals surface area (Å²) in [5.74, 6) is 1.97. The van der Waals surface area contributed by atoms with E-state index in [-0.39, 0.29) is 0 Å². The number of nitrogens with one attached hydrogen (secondary N) is 2. The minimum Gasteiger partial charge on any atom is -0.379 e. The normalized spacial score (nSPS) is 18.1. The van der Waals surface area contributed by atoms with Crippen LogP contribution < -0.4 is 10.2 Å². The van der Waals surface area contributed by atoms with Gasteiger partial charge in [0.2, 0.25) is 0 Å². The van der Waals surface area contributed by atoms with Gasteiger partial charge in [-0.25, -0.2) is 15.0 Å². The maximum Gasteiger partial charge on any atom is 0.180 e. The summed E-state index contributed by atoms with van der Waals surface area (Å²) in [6.45, 7) is 7.22. The van der Waals surface area contributed by atoms with Crippen molar-refractivity contribution in [1.82, 2.24) is 34.3 Å². The average Bonchev–Trinajstić information content (AvgIpc) is 3.54. The molecule has 3 aromatic heterocycles. The van der Waals surface area contributed by atoms with Crippen molar-refractivity contribution in [2.45, 2.75) is 25.4 Å². The third-order valence-corrected chi connectivity index (χ3v) is 8.31. The van der Waals surface area contributed by atoms with Crippen LogP contribution in [0.5, 0.6) is 0 Å². The van der Waals surface area contributed by atoms with Crippen LogP contribution in [-0.2, 0) is 13.6 Å². The Morgan fingerprint density at radius 2 is 1.76 bits per heavy atom. The third kappa shape index (κ3) is 5.23. The van der Waals surface area contributed by atoms with Crippen molar-refractivity contribution < 1.29 is 0 Å². The smallest absolute Gasteiger partial charge is 0.180 e. The zero-order valence-electron chi connectivity index (χ0n) is 21.5. The van der Waals surface area contributed by atoms with E-state index in [0.717, 1.165) is 97.2 Å². The average molecular weight is 565 g/mol. The minimum absolute atomic E-state index is 0.452. The fourth-order valence-electron chi connectivity index (χ4n) is 5.31. The zero-order chi connectivity index (χ0) is 25.4. The highest BCUT2D eigenvalue weighted by Crippen LogP contribution is 2.33. The number of piperazine rings is 1. The largest absolute Gasteiger partial charge is 0.379 e. The van der Waals surface area contributed by atoms with Crippen molar-refractivity contribution in [3.63, 3.8) is 0 Å². The molecule has 0 bridgehead atoms. The number of hydrogen-bond acceptors (Lipinski definition) is 7. The maximum absolute atomic E-state index is 4.82. The number of nitrogens with zero attached hydrogens (tertiary/aromatic N) is 7. The topological polar surface area (TPSA) is 81.1 Å². The molecule has 6 rings (SSSR count). The van der Waals surface area contributed by atoms with Crippen molar-refractivity contribution >= 4 is 38.5 Å². The molecule has 5 heterocycles. The SMILES string of the molecule is CN1CCC(Nc2c(Br)cnc3nc(-c4ccc(N5CCN(Cc6nccn6C)CC5)cc4)[nH]c23)CC1. The van der Waals surface area contributed by atoms with Gasteiger partial charge in [0.15, 0.2) is 5.65 Å². The molecule has 0 atom stereocenters. The number of fused-ring (bicyclic) bond motifs is 1. The summed E-state index contributed by atoms with van der Waals surface area (Å²) in [4.78, 5) is 24.7. The summed E-state index contributed by atoms with van der Waals surface area (Å²) < 4.78 is 3.07. The number of H-pyrrole nitrogens is 1. The van der Waals surface area contributed by atoms with E-state index in [1.165, 1.54) is 5.69 Å². The molecule has 1 aromatic carbocycles. The van der Waals surface area contributed by atoms with E-state index in [1.807, 2.05) is 18.6 Å². The van der Waals surface area contributed by atoms with E-state index in [1.54, 1.807) is 0 Å². The fourth-order valence-corrected chi connectivity index (χ4v) is 5.73. The third-order valence-electron chi connectivity index (χ3n) is 7.70. The number of aromatic nitrogens is 5. The Hall–Kier alpha value is -2.95. The maximum atomic E-state index is 4.82. The first-order valence-corrected chi connectivity index (χ1v) is 13.9. The number of pyridine rings is 1. The number of aromatic amines is 1. The van der Waals surface area contributed by atoms with E-state index < -0.39 is 0 Å². The molecule has 2 aliphatic heterocycles. The molecule has 0 unspecified atom stereocenters. The Morgan fingerprint density at radius 3 is 2.46 bits per heavy atom. The van der Waals surface area contributed by atoms with Crippen molar-refractivity contribution in [2.24, 2.45) is 7.05 Å². The molecule has 0 amide bonds. The van der Waals surface area contributed by atoms with Gasteiger partial charge in [-0.1, -0.05) is 0 Å². The number of anilines is 2. The van der Waals surface area contributed by atoms with Crippen LogP contribution in [0, 0.1) is 0 Å². The van der Waals surface area contributed by atoms with Crippen LogP contribution in [0.2, 0.25) is 0 Å². The first kappa shape index (κ1) is 24.4. The van der Waals surface area contributed by atoms with E-state index >= 15 is 0 Å². The molecular weight excluding hydrogens is 530 g/mol. The molecule has 37 heavy (non-hydrogen) atoms. The first-order chi connectivity index (χ1) is 18.0. The lowest BCUT2D eigenvalue weighted by atomic mass is 10.1. The van der Waals surface area contributed by atoms with Gasteiger partial charge in [0.1, 0.15) is 17.2 Å². The molecule has 2 N–H and O–H groups in total. The fraction of sp³-hybridized carbons (Fsp3) is 0.444. The van der Waals surface area contributed by atoms with Gasteiger partial charge in [-0.15, -0.1) is 0 Å². The van der Waals surface area contributed by atoms with Crippen LogP contribution in [0.15, 0.2) is 47.3 Å². The van der Waals surface area contributed by atoms with Gasteiger partial charge in [0.05, 0.1) is 16.7 Å². The Bertz CT molecular complexity index is 1350. The lowest BCUT2D eigenvalue weighted by molar-refractivity contribution is 0.242. The quantitative estimate of drug-likeness (QED) is 0.367. The summed E-state index contributed by atoms with van der Waals surface area (Å²) >= 11 is 3.70. The van der Waals surface area contributed by atoms with Gasteiger partial charge in [-0.2, -0.15) is 0 Å². The molecule has 2 aliphatic rings. The Labute approximate surface area is 226 Å². The number of halogens is 1. The molecule has 0 radical (unpaired) electrons. The molecule has 9 nitrogen and oxygen atoms in total. The number of hydrogen-bond donors (Lipinski definition) is 2. The summed E-state index contributed by atoms with van der Waals surface area (Å²) in [7, 11) is 4.25. The molecule has 0 aliphatic carbocycles. The van der Waals surface area contributed by atoms with Gasteiger partial charge in [0, 0.05) is 69.1 Å². The van der Waals surface area contributed by atoms with Gasteiger partial charge in [0.25, 0.3) is 0 Å². The van der Waals surface area contributed by atoms with Gasteiger partial charge in [-0.3, -0.25) is 4.90 Å². The summed E-state index contributed by atoms with van der Waals surface area (Å²) in [5, 5.41) is 3.75. The Kier molecular flexibility index (Phi) is 6.88. The van der Waals surface area contributed by atoms with E-state index in [0.29, 0.717) is 6.04 Å². The highest BCUT2D eigenvalue weighted by molar-refractivity contribution is 9.10. The van der Waals surface area contributed by atoms with Gasteiger partial charge >= 0.3 is 0 Å². The molecule has 2 fully saturated rings. The van der Waals surface area contributed by atoms with Gasteiger partial charge < -0.3 is 24.7 Å². The lowest BCUT2D eigenvalue weighted by Gasteiger charge is -2.36. The van der Waals surface area contributed by atoms with Crippen LogP contribution in [-0.4, -0.2) is 86.7 Å². The number of benzene rings is 1. The summed E-state index contributed by atoms with van der Waals surface area (Å²) in [6, 6.07) is 9.18. The van der Waals surface area contributed by atoms with E-state index in [4.69, 9.17) is 4.98 Å². The van der Waals surface area contributed by atoms with Crippen molar-refractivity contribution in [2.75, 3.05) is 56.5 Å². The first-order valence-electron chi connectivity index (χ1n) is 13.1. The van der Waals surface area contributed by atoms with Crippen molar-refractivity contribution in [1.29, 1.82) is 0 Å². The molecule has 2 saturated heterocycles. The molecular formula is C27H34BrN9. The second kappa shape index (κ2) is 10.4. The van der Waals surface area contributed by atoms with Crippen LogP contribution in [0.1, 0.15) is 18.7 Å². The summed E-state index contributed by atoms with van der Waals surface area (Å²) in [6.07, 6.45) is 7.99. The van der Waals surface area contributed by atoms with E-state index in [9.17, 15) is 0 Å². The lowest BCUT2D eigenvalue weighted by Crippen LogP contribution is -2.46. The van der Waals surface area contributed by atoms with Crippen LogP contribution in [0.3, 0.4) is 0 Å². The van der Waals surface area contributed by atoms with E-state index in [2.05, 4.69) is 93.8 Å². The second-order valence-corrected chi connectivity index (χ2v) is 11.1. The standard InChI is InChI=1S/C27H34BrN9/c1-34-10-7-20(8-11-34)31-24-22(28)17-30-27-25(24)32-26(33-27)19-3-5-21(6-4-19)37-15-13-36(14-16-37)18-23-29-9-12-35(23)2/h3-6,9,12,17,20H,7-8,10-11,13-16,18H2,1-2H3,(H2,30,31,32,33). The highest BCUT2D eigenvalue weighted by Gasteiger charge is 2.21. The number of piperidine rings is 1. The number of rotatable bonds is 6. The number of aryl methyl sites for hydroxylation is 1. The predicted molar refractivity (Wildman–Crippen MR) is 152 cm³/mol. The minimum atomic E-state index is 0.452. The van der Waals surface area contributed by atoms with Crippen LogP contribution >= 0.6 is 15.9 Å². The highest BCUT2D eigenvalue weighted by atomic mass is 79.9. The van der Waals surface area contributed by atoms with Crippen molar-refractivity contribution in [3.8, 4) is 11.4 Å². The zero-order valence-corrected chi connectivity index (χ0v) is 23.1. The number of likely N-dealkylation sites (tertiary alicyclic amines) is 1. The molecule has 10 heteroatoms. The monoisotopic (exact) mass is 563 g/mol. The molecule has 194 valence electrons. The predicted octanol–water partition coefficient (Wildman–Crippen LogP) is 3.95. The van der Waals surface area contributed by atoms with Crippen LogP contribution in [0.25, 0.3) is 22.6 Å². The van der Waals surface area contributed by atoms with Gasteiger partial charge in [-0.05, 0) is 73.2 Å². The molecule has 4 aromatic rings.